The Morgan fingerprint density at radius 1 is 0.812 bits per heavy atom. The molecule has 4 rings (SSSR count). The normalized spacial score (nSPS) is 15.8. The van der Waals surface area contributed by atoms with E-state index in [0.29, 0.717) is 10.5 Å². The van der Waals surface area contributed by atoms with E-state index in [2.05, 4.69) is 12.1 Å². The van der Waals surface area contributed by atoms with Crippen molar-refractivity contribution in [3.63, 3.8) is 0 Å². The van der Waals surface area contributed by atoms with E-state index >= 15 is 0 Å². The van der Waals surface area contributed by atoms with Crippen molar-refractivity contribution in [2.45, 2.75) is 56.9 Å². The average Bonchev–Trinajstić information content (AvgIpc) is 2.85. The Bertz CT molecular complexity index is 1170. The molecule has 166 valence electrons. The first-order valence-corrected chi connectivity index (χ1v) is 13.6. The lowest BCUT2D eigenvalue weighted by atomic mass is 10.0. The molecule has 0 amide bonds. The third-order valence-electron chi connectivity index (χ3n) is 5.85. The zero-order chi connectivity index (χ0) is 22.6. The molecule has 0 bridgehead atoms. The monoisotopic (exact) mass is 467 g/mol. The molecule has 0 spiro atoms. The summed E-state index contributed by atoms with van der Waals surface area (Å²) in [6.45, 7) is 0. The lowest BCUT2D eigenvalue weighted by Crippen LogP contribution is -2.24. The van der Waals surface area contributed by atoms with E-state index in [4.69, 9.17) is 4.74 Å². The number of hydrogen-bond donors (Lipinski definition) is 0. The van der Waals surface area contributed by atoms with Crippen LogP contribution in [0.2, 0.25) is 0 Å². The van der Waals surface area contributed by atoms with E-state index in [1.807, 2.05) is 48.5 Å². The summed E-state index contributed by atoms with van der Waals surface area (Å²) in [5.41, 5.74) is 0.495. The molecular weight excluding hydrogens is 440 g/mol. The summed E-state index contributed by atoms with van der Waals surface area (Å²) in [6.07, 6.45) is 4.58. The van der Waals surface area contributed by atoms with Crippen LogP contribution >= 0.6 is 0 Å². The van der Waals surface area contributed by atoms with Crippen LogP contribution in [0.5, 0.6) is 0 Å². The van der Waals surface area contributed by atoms with Crippen LogP contribution in [-0.4, -0.2) is 26.7 Å². The van der Waals surface area contributed by atoms with Crippen molar-refractivity contribution in [3.8, 4) is 0 Å². The Kier molecular flexibility index (Phi) is 7.01. The van der Waals surface area contributed by atoms with Gasteiger partial charge in [-0.2, -0.15) is 0 Å². The Morgan fingerprint density at radius 2 is 1.44 bits per heavy atom. The molecule has 0 saturated heterocycles. The number of rotatable bonds is 6. The molecule has 3 aromatic rings. The predicted octanol–water partition coefficient (Wildman–Crippen LogP) is 5.68. The molecule has 0 aliphatic heterocycles. The maximum Gasteiger partial charge on any atom is 0.338 e. The Labute approximate surface area is 192 Å². The van der Waals surface area contributed by atoms with Crippen molar-refractivity contribution >= 4 is 26.7 Å². The number of carbonyl (C=O) groups excluding carboxylic acids is 1. The van der Waals surface area contributed by atoms with Crippen molar-refractivity contribution in [1.82, 2.24) is 0 Å². The maximum atomic E-state index is 13.1. The molecule has 1 aliphatic rings. The number of sulfone groups is 1. The summed E-state index contributed by atoms with van der Waals surface area (Å²) in [6, 6.07) is 24.8. The smallest absolute Gasteiger partial charge is 0.338 e. The van der Waals surface area contributed by atoms with E-state index in [1.54, 1.807) is 18.2 Å². The number of ether oxygens (including phenoxy) is 1. The number of hydrogen-bond acceptors (Lipinski definition) is 4. The van der Waals surface area contributed by atoms with Crippen LogP contribution in [0.15, 0.2) is 98.4 Å². The lowest BCUT2D eigenvalue weighted by molar-refractivity contribution is 0.0600. The van der Waals surface area contributed by atoms with Crippen LogP contribution in [-0.2, 0) is 25.5 Å². The van der Waals surface area contributed by atoms with Gasteiger partial charge in [-0.25, -0.2) is 13.2 Å². The predicted molar refractivity (Wildman–Crippen MR) is 127 cm³/mol. The van der Waals surface area contributed by atoms with E-state index in [0.717, 1.165) is 46.8 Å². The van der Waals surface area contributed by atoms with Crippen LogP contribution in [0.3, 0.4) is 0 Å². The number of benzene rings is 3. The molecule has 4 nitrogen and oxygen atoms in total. The standard InChI is InChI=1S/C26H27O4S2/c1-30-26(27)20-9-8-12-23(19-20)31(21-10-4-2-5-11-21)22-15-17-25(18-16-22)32(28,29)24-13-6-3-7-14-24/h2,4-5,8-12,15-19,24H,3,6-7,13-14H2,1H3/q+1. The van der Waals surface area contributed by atoms with Gasteiger partial charge >= 0.3 is 5.97 Å². The molecule has 3 aromatic carbocycles. The van der Waals surface area contributed by atoms with Crippen molar-refractivity contribution in [2.24, 2.45) is 0 Å². The summed E-state index contributed by atoms with van der Waals surface area (Å²) >= 11 is 0. The number of carbonyl (C=O) groups is 1. The van der Waals surface area contributed by atoms with Gasteiger partial charge in [0.05, 0.1) is 33.7 Å². The van der Waals surface area contributed by atoms with E-state index in [9.17, 15) is 13.2 Å². The minimum atomic E-state index is -3.31. The minimum Gasteiger partial charge on any atom is -0.465 e. The molecule has 1 atom stereocenters. The molecule has 32 heavy (non-hydrogen) atoms. The molecule has 0 heterocycles. The lowest BCUT2D eigenvalue weighted by Gasteiger charge is -2.21. The quantitative estimate of drug-likeness (QED) is 0.346. The Balaban J connectivity index is 1.72. The molecule has 1 fully saturated rings. The largest absolute Gasteiger partial charge is 0.465 e. The van der Waals surface area contributed by atoms with Crippen molar-refractivity contribution in [2.75, 3.05) is 7.11 Å². The third-order valence-corrected chi connectivity index (χ3v) is 10.3. The van der Waals surface area contributed by atoms with Crippen LogP contribution in [0.25, 0.3) is 0 Å². The van der Waals surface area contributed by atoms with Crippen LogP contribution in [0.4, 0.5) is 0 Å². The van der Waals surface area contributed by atoms with Gasteiger partial charge in [-0.05, 0) is 61.4 Å². The zero-order valence-corrected chi connectivity index (χ0v) is 19.7. The minimum absolute atomic E-state index is 0.272. The second-order valence-electron chi connectivity index (χ2n) is 7.92. The Hall–Kier alpha value is -2.57. The molecule has 6 heteroatoms. The first-order valence-electron chi connectivity index (χ1n) is 10.8. The summed E-state index contributed by atoms with van der Waals surface area (Å²) in [5.74, 6) is -0.377. The van der Waals surface area contributed by atoms with Gasteiger partial charge in [-0.3, -0.25) is 0 Å². The molecule has 1 unspecified atom stereocenters. The fourth-order valence-electron chi connectivity index (χ4n) is 4.17. The zero-order valence-electron chi connectivity index (χ0n) is 18.1. The molecule has 0 N–H and O–H groups in total. The molecule has 0 aromatic heterocycles. The highest BCUT2D eigenvalue weighted by molar-refractivity contribution is 7.97. The first-order chi connectivity index (χ1) is 15.5. The van der Waals surface area contributed by atoms with Crippen LogP contribution in [0, 0.1) is 0 Å². The Morgan fingerprint density at radius 3 is 2.09 bits per heavy atom. The van der Waals surface area contributed by atoms with Gasteiger partial charge in [0.2, 0.25) is 0 Å². The third kappa shape index (κ3) is 4.76. The van der Waals surface area contributed by atoms with Crippen molar-refractivity contribution in [3.05, 3.63) is 84.4 Å². The van der Waals surface area contributed by atoms with Crippen molar-refractivity contribution < 1.29 is 17.9 Å². The summed E-state index contributed by atoms with van der Waals surface area (Å²) in [7, 11) is -2.43. The average molecular weight is 468 g/mol. The van der Waals surface area contributed by atoms with E-state index < -0.39 is 20.7 Å². The maximum absolute atomic E-state index is 13.1. The topological polar surface area (TPSA) is 60.4 Å². The SMILES string of the molecule is COC(=O)c1cccc([S+](c2ccccc2)c2ccc(S(=O)(=O)C3CCCCC3)cc2)c1. The molecule has 1 saturated carbocycles. The highest BCUT2D eigenvalue weighted by atomic mass is 32.2. The summed E-state index contributed by atoms with van der Waals surface area (Å²) in [4.78, 5) is 15.5. The van der Waals surface area contributed by atoms with Crippen LogP contribution in [0.1, 0.15) is 42.5 Å². The fraction of sp³-hybridized carbons (Fsp3) is 0.269. The number of methoxy groups -OCH3 is 1. The fourth-order valence-corrected chi connectivity index (χ4v) is 8.13. The second kappa shape index (κ2) is 9.92. The van der Waals surface area contributed by atoms with Gasteiger partial charge < -0.3 is 4.74 Å². The van der Waals surface area contributed by atoms with Crippen LogP contribution < -0.4 is 0 Å². The summed E-state index contributed by atoms with van der Waals surface area (Å²) in [5, 5.41) is -0.272. The van der Waals surface area contributed by atoms with Gasteiger partial charge in [0, 0.05) is 6.07 Å². The first kappa shape index (κ1) is 22.6. The van der Waals surface area contributed by atoms with Crippen molar-refractivity contribution in [1.29, 1.82) is 0 Å². The molecule has 1 aliphatic carbocycles. The van der Waals surface area contributed by atoms with E-state index in [1.165, 1.54) is 7.11 Å². The van der Waals surface area contributed by atoms with Gasteiger partial charge in [0.1, 0.15) is 0 Å². The summed E-state index contributed by atoms with van der Waals surface area (Å²) < 4.78 is 31.1. The molecular formula is C26H27O4S2+. The van der Waals surface area contributed by atoms with Gasteiger partial charge in [0.25, 0.3) is 0 Å². The van der Waals surface area contributed by atoms with Gasteiger partial charge in [0.15, 0.2) is 24.5 Å². The van der Waals surface area contributed by atoms with Gasteiger partial charge in [-0.15, -0.1) is 0 Å². The van der Waals surface area contributed by atoms with Gasteiger partial charge in [-0.1, -0.05) is 43.5 Å². The number of esters is 1. The van der Waals surface area contributed by atoms with E-state index in [-0.39, 0.29) is 11.2 Å². The second-order valence-corrected chi connectivity index (χ2v) is 12.2. The molecule has 0 radical (unpaired) electrons. The highest BCUT2D eigenvalue weighted by Gasteiger charge is 2.32. The highest BCUT2D eigenvalue weighted by Crippen LogP contribution is 2.34.